The van der Waals surface area contributed by atoms with Crippen molar-refractivity contribution in [1.82, 2.24) is 15.1 Å². The number of carbonyl (C=O) groups excluding carboxylic acids is 3. The van der Waals surface area contributed by atoms with E-state index >= 15 is 0 Å². The standard InChI is InChI=1S/C35H48N4O7/c1-35(2,3)46-34(44)29(37-32(41)28(36)15-19-38-16-5-4-6-17-38)22-24-10-7-12-26(20-24)45-27-13-8-11-25(21-27)23-30(33(42)43)39-18-9-14-31(39)40/h7-8,10-13,20-21,28-30H,4-6,9,14-19,22-23,36H2,1-3H3,(H,37,41)(H,42,43)/t28-,29-,30-/m0/s1. The summed E-state index contributed by atoms with van der Waals surface area (Å²) in [5, 5.41) is 12.6. The highest BCUT2D eigenvalue weighted by Gasteiger charge is 2.33. The van der Waals surface area contributed by atoms with Crippen LogP contribution < -0.4 is 15.8 Å². The van der Waals surface area contributed by atoms with Gasteiger partial charge in [0.15, 0.2) is 0 Å². The minimum absolute atomic E-state index is 0.142. The molecule has 0 bridgehead atoms. The van der Waals surface area contributed by atoms with Crippen LogP contribution in [0.4, 0.5) is 0 Å². The maximum Gasteiger partial charge on any atom is 0.329 e. The molecule has 2 aliphatic heterocycles. The summed E-state index contributed by atoms with van der Waals surface area (Å²) >= 11 is 0. The van der Waals surface area contributed by atoms with Crippen LogP contribution in [-0.4, -0.2) is 88.6 Å². The van der Waals surface area contributed by atoms with Gasteiger partial charge in [0, 0.05) is 32.4 Å². The summed E-state index contributed by atoms with van der Waals surface area (Å²) in [5.41, 5.74) is 6.98. The molecule has 46 heavy (non-hydrogen) atoms. The Balaban J connectivity index is 1.42. The van der Waals surface area contributed by atoms with Crippen molar-refractivity contribution >= 4 is 23.8 Å². The second-order valence-electron chi connectivity index (χ2n) is 13.2. The number of esters is 1. The molecule has 0 unspecified atom stereocenters. The summed E-state index contributed by atoms with van der Waals surface area (Å²) in [7, 11) is 0. The van der Waals surface area contributed by atoms with Gasteiger partial charge in [-0.25, -0.2) is 9.59 Å². The summed E-state index contributed by atoms with van der Waals surface area (Å²) < 4.78 is 11.8. The van der Waals surface area contributed by atoms with Crippen LogP contribution in [0.15, 0.2) is 48.5 Å². The van der Waals surface area contributed by atoms with Crippen LogP contribution in [0, 0.1) is 0 Å². The van der Waals surface area contributed by atoms with Crippen LogP contribution in [0.3, 0.4) is 0 Å². The van der Waals surface area contributed by atoms with Gasteiger partial charge in [-0.1, -0.05) is 30.7 Å². The van der Waals surface area contributed by atoms with E-state index in [1.807, 2.05) is 12.1 Å². The topological polar surface area (TPSA) is 152 Å². The fraction of sp³-hybridized carbons (Fsp3) is 0.543. The number of ether oxygens (including phenoxy) is 2. The molecule has 11 heteroatoms. The highest BCUT2D eigenvalue weighted by molar-refractivity contribution is 5.88. The SMILES string of the molecule is CC(C)(C)OC(=O)[C@H](Cc1cccc(Oc2cccc(C[C@@H](C(=O)O)N3CCCC3=O)c2)c1)NC(=O)[C@@H](N)CCN1CCCCC1. The van der Waals surface area contributed by atoms with E-state index in [9.17, 15) is 24.3 Å². The third kappa shape index (κ3) is 10.6. The van der Waals surface area contributed by atoms with Crippen LogP contribution in [-0.2, 0) is 36.8 Å². The van der Waals surface area contributed by atoms with Crippen molar-refractivity contribution in [3.05, 3.63) is 59.7 Å². The Morgan fingerprint density at radius 1 is 0.935 bits per heavy atom. The molecule has 2 aromatic rings. The molecular formula is C35H48N4O7. The Morgan fingerprint density at radius 3 is 2.13 bits per heavy atom. The Morgan fingerprint density at radius 2 is 1.57 bits per heavy atom. The molecule has 2 saturated heterocycles. The molecule has 2 heterocycles. The van der Waals surface area contributed by atoms with Crippen LogP contribution >= 0.6 is 0 Å². The first-order valence-corrected chi connectivity index (χ1v) is 16.3. The van der Waals surface area contributed by atoms with Crippen molar-refractivity contribution in [3.63, 3.8) is 0 Å². The first-order chi connectivity index (χ1) is 21.9. The van der Waals surface area contributed by atoms with Gasteiger partial charge in [0.25, 0.3) is 0 Å². The zero-order valence-electron chi connectivity index (χ0n) is 27.2. The Labute approximate surface area is 271 Å². The quantitative estimate of drug-likeness (QED) is 0.264. The molecule has 2 fully saturated rings. The van der Waals surface area contributed by atoms with Gasteiger partial charge in [-0.3, -0.25) is 9.59 Å². The minimum Gasteiger partial charge on any atom is -0.480 e. The maximum atomic E-state index is 13.2. The predicted octanol–water partition coefficient (Wildman–Crippen LogP) is 3.67. The third-order valence-electron chi connectivity index (χ3n) is 8.22. The number of carbonyl (C=O) groups is 4. The molecule has 0 saturated carbocycles. The summed E-state index contributed by atoms with van der Waals surface area (Å²) in [4.78, 5) is 54.2. The second kappa shape index (κ2) is 16.0. The van der Waals surface area contributed by atoms with Crippen molar-refractivity contribution < 1.29 is 33.8 Å². The summed E-state index contributed by atoms with van der Waals surface area (Å²) in [6, 6.07) is 11.7. The number of carboxylic acid groups (broad SMARTS) is 1. The van der Waals surface area contributed by atoms with Gasteiger partial charge in [0.2, 0.25) is 11.8 Å². The van der Waals surface area contributed by atoms with Gasteiger partial charge in [-0.2, -0.15) is 0 Å². The summed E-state index contributed by atoms with van der Waals surface area (Å²) in [6.07, 6.45) is 5.40. The van der Waals surface area contributed by atoms with E-state index in [0.717, 1.165) is 43.6 Å². The lowest BCUT2D eigenvalue weighted by Crippen LogP contribution is -2.51. The van der Waals surface area contributed by atoms with Gasteiger partial charge in [0.1, 0.15) is 29.2 Å². The molecule has 0 radical (unpaired) electrons. The van der Waals surface area contributed by atoms with Crippen LogP contribution in [0.2, 0.25) is 0 Å². The second-order valence-corrected chi connectivity index (χ2v) is 13.2. The molecule has 3 atom stereocenters. The molecule has 4 rings (SSSR count). The first-order valence-electron chi connectivity index (χ1n) is 16.3. The van der Waals surface area contributed by atoms with Crippen LogP contribution in [0.1, 0.15) is 70.4 Å². The highest BCUT2D eigenvalue weighted by atomic mass is 16.6. The number of nitrogens with two attached hydrogens (primary N) is 1. The fourth-order valence-electron chi connectivity index (χ4n) is 5.88. The van der Waals surface area contributed by atoms with Crippen LogP contribution in [0.25, 0.3) is 0 Å². The van der Waals surface area contributed by atoms with Crippen LogP contribution in [0.5, 0.6) is 11.5 Å². The normalized spacial score (nSPS) is 17.7. The molecule has 0 aromatic heterocycles. The van der Waals surface area contributed by atoms with Gasteiger partial charge < -0.3 is 35.4 Å². The zero-order valence-corrected chi connectivity index (χ0v) is 27.2. The van der Waals surface area contributed by atoms with E-state index in [4.69, 9.17) is 15.2 Å². The summed E-state index contributed by atoms with van der Waals surface area (Å²) in [6.45, 7) is 8.53. The Kier molecular flexibility index (Phi) is 12.2. The number of hydrogen-bond acceptors (Lipinski definition) is 8. The lowest BCUT2D eigenvalue weighted by Gasteiger charge is -2.28. The molecule has 4 N–H and O–H groups in total. The van der Waals surface area contributed by atoms with Gasteiger partial charge in [0.05, 0.1) is 6.04 Å². The number of amides is 2. The lowest BCUT2D eigenvalue weighted by atomic mass is 10.0. The Bertz CT molecular complexity index is 1370. The number of likely N-dealkylation sites (tertiary alicyclic amines) is 2. The molecule has 2 aliphatic rings. The monoisotopic (exact) mass is 636 g/mol. The number of piperidine rings is 1. The molecule has 0 spiro atoms. The number of carboxylic acids is 1. The molecule has 2 aromatic carbocycles. The zero-order chi connectivity index (χ0) is 33.3. The Hall–Kier alpha value is -3.96. The average molecular weight is 637 g/mol. The number of rotatable bonds is 14. The van der Waals surface area contributed by atoms with E-state index in [1.165, 1.54) is 11.3 Å². The number of nitrogens with zero attached hydrogens (tertiary/aromatic N) is 2. The van der Waals surface area contributed by atoms with Crippen molar-refractivity contribution in [2.24, 2.45) is 5.73 Å². The number of nitrogens with one attached hydrogen (secondary N) is 1. The first kappa shape index (κ1) is 34.9. The number of aliphatic carboxylic acids is 1. The average Bonchev–Trinajstić information content (AvgIpc) is 3.43. The molecular weight excluding hydrogens is 588 g/mol. The molecule has 11 nitrogen and oxygen atoms in total. The largest absolute Gasteiger partial charge is 0.480 e. The van der Waals surface area contributed by atoms with E-state index in [1.54, 1.807) is 57.2 Å². The van der Waals surface area contributed by atoms with Crippen molar-refractivity contribution in [2.75, 3.05) is 26.2 Å². The maximum absolute atomic E-state index is 13.2. The minimum atomic E-state index is -1.04. The summed E-state index contributed by atoms with van der Waals surface area (Å²) in [5.74, 6) is -1.12. The van der Waals surface area contributed by atoms with Crippen molar-refractivity contribution in [1.29, 1.82) is 0 Å². The highest BCUT2D eigenvalue weighted by Crippen LogP contribution is 2.26. The molecule has 0 aliphatic carbocycles. The number of hydrogen-bond donors (Lipinski definition) is 3. The van der Waals surface area contributed by atoms with E-state index in [-0.39, 0.29) is 18.7 Å². The van der Waals surface area contributed by atoms with Crippen molar-refractivity contribution in [2.45, 2.75) is 95.9 Å². The van der Waals surface area contributed by atoms with E-state index in [2.05, 4.69) is 10.2 Å². The van der Waals surface area contributed by atoms with E-state index < -0.39 is 41.6 Å². The van der Waals surface area contributed by atoms with Crippen molar-refractivity contribution in [3.8, 4) is 11.5 Å². The molecule has 250 valence electrons. The van der Waals surface area contributed by atoms with Gasteiger partial charge in [-0.15, -0.1) is 0 Å². The van der Waals surface area contributed by atoms with Gasteiger partial charge >= 0.3 is 11.9 Å². The number of benzene rings is 2. The van der Waals surface area contributed by atoms with E-state index in [0.29, 0.717) is 37.3 Å². The lowest BCUT2D eigenvalue weighted by molar-refractivity contribution is -0.158. The third-order valence-corrected chi connectivity index (χ3v) is 8.22. The predicted molar refractivity (Wildman–Crippen MR) is 173 cm³/mol. The molecule has 2 amide bonds. The fourth-order valence-corrected chi connectivity index (χ4v) is 5.88. The van der Waals surface area contributed by atoms with Gasteiger partial charge in [-0.05, 0) is 94.9 Å². The smallest absolute Gasteiger partial charge is 0.329 e.